The van der Waals surface area contributed by atoms with E-state index >= 15 is 0 Å². The molecular formula is C26H17F3N2O4S2. The van der Waals surface area contributed by atoms with Crippen LogP contribution in [0.4, 0.5) is 18.9 Å². The van der Waals surface area contributed by atoms with Crippen molar-refractivity contribution in [1.29, 1.82) is 0 Å². The van der Waals surface area contributed by atoms with E-state index in [9.17, 15) is 26.4 Å². The summed E-state index contributed by atoms with van der Waals surface area (Å²) < 4.78 is 77.0. The summed E-state index contributed by atoms with van der Waals surface area (Å²) >= 11 is 1.04. The zero-order valence-electron chi connectivity index (χ0n) is 19.0. The van der Waals surface area contributed by atoms with Crippen molar-refractivity contribution in [3.8, 4) is 22.6 Å². The molecule has 1 heterocycles. The standard InChI is InChI=1S/C26H17F3N2O4S2/c1-31-22-9-2-15(12-25(22)36-26(31)32)20-14-18(30-37(33,34)19-7-3-16(27)4-8-19)6-11-23(20)35-24-10-5-17(28)13-21(24)29/h2-14,30H,1H3. The Balaban J connectivity index is 1.60. The average Bonchev–Trinajstić information content (AvgIpc) is 3.14. The van der Waals surface area contributed by atoms with Crippen molar-refractivity contribution in [2.45, 2.75) is 4.90 Å². The highest BCUT2D eigenvalue weighted by atomic mass is 32.2. The molecule has 0 saturated heterocycles. The second-order valence-corrected chi connectivity index (χ2v) is 10.7. The van der Waals surface area contributed by atoms with E-state index < -0.39 is 27.5 Å². The van der Waals surface area contributed by atoms with Gasteiger partial charge in [-0.2, -0.15) is 0 Å². The van der Waals surface area contributed by atoms with Gasteiger partial charge in [0, 0.05) is 24.4 Å². The Morgan fingerprint density at radius 3 is 2.27 bits per heavy atom. The first-order valence-electron chi connectivity index (χ1n) is 10.8. The van der Waals surface area contributed by atoms with Gasteiger partial charge >= 0.3 is 4.87 Å². The predicted molar refractivity (Wildman–Crippen MR) is 136 cm³/mol. The van der Waals surface area contributed by atoms with Gasteiger partial charge in [-0.1, -0.05) is 17.4 Å². The molecule has 37 heavy (non-hydrogen) atoms. The normalized spacial score (nSPS) is 11.6. The molecule has 0 fully saturated rings. The number of aryl methyl sites for hydroxylation is 1. The monoisotopic (exact) mass is 542 g/mol. The van der Waals surface area contributed by atoms with Crippen LogP contribution in [0.2, 0.25) is 0 Å². The van der Waals surface area contributed by atoms with E-state index in [4.69, 9.17) is 4.74 Å². The first-order chi connectivity index (χ1) is 17.6. The highest BCUT2D eigenvalue weighted by molar-refractivity contribution is 7.92. The number of aromatic nitrogens is 1. The summed E-state index contributed by atoms with van der Waals surface area (Å²) in [6, 6.07) is 16.8. The van der Waals surface area contributed by atoms with Crippen molar-refractivity contribution >= 4 is 37.3 Å². The van der Waals surface area contributed by atoms with Crippen molar-refractivity contribution in [2.75, 3.05) is 4.72 Å². The second-order valence-electron chi connectivity index (χ2n) is 8.06. The van der Waals surface area contributed by atoms with E-state index in [0.717, 1.165) is 47.7 Å². The summed E-state index contributed by atoms with van der Waals surface area (Å²) in [6.07, 6.45) is 0. The van der Waals surface area contributed by atoms with Gasteiger partial charge in [0.2, 0.25) is 0 Å². The summed E-state index contributed by atoms with van der Waals surface area (Å²) in [7, 11) is -2.40. The largest absolute Gasteiger partial charge is 0.454 e. The number of rotatable bonds is 6. The van der Waals surface area contributed by atoms with Crippen molar-refractivity contribution < 1.29 is 26.3 Å². The second kappa shape index (κ2) is 9.41. The number of fused-ring (bicyclic) bond motifs is 1. The fraction of sp³-hybridized carbons (Fsp3) is 0.0385. The SMILES string of the molecule is Cn1c(=O)sc2cc(-c3cc(NS(=O)(=O)c4ccc(F)cc4)ccc3Oc3ccc(F)cc3F)ccc21. The molecule has 0 atom stereocenters. The molecule has 188 valence electrons. The molecule has 0 spiro atoms. The molecular weight excluding hydrogens is 525 g/mol. The Morgan fingerprint density at radius 2 is 1.54 bits per heavy atom. The Labute approximate surface area is 213 Å². The third-order valence-corrected chi connectivity index (χ3v) is 7.97. The van der Waals surface area contributed by atoms with Crippen molar-refractivity contribution in [3.63, 3.8) is 0 Å². The van der Waals surface area contributed by atoms with Gasteiger partial charge < -0.3 is 9.30 Å². The van der Waals surface area contributed by atoms with Crippen molar-refractivity contribution in [3.05, 3.63) is 106 Å². The number of ether oxygens (including phenoxy) is 1. The lowest BCUT2D eigenvalue weighted by Crippen LogP contribution is -2.13. The average molecular weight is 543 g/mol. The molecule has 5 rings (SSSR count). The zero-order chi connectivity index (χ0) is 26.3. The van der Waals surface area contributed by atoms with E-state index in [2.05, 4.69) is 4.72 Å². The van der Waals surface area contributed by atoms with Crippen molar-refractivity contribution in [1.82, 2.24) is 4.57 Å². The maximum absolute atomic E-state index is 14.3. The molecule has 0 saturated carbocycles. The summed E-state index contributed by atoms with van der Waals surface area (Å²) in [5.74, 6) is -2.32. The van der Waals surface area contributed by atoms with Crippen LogP contribution in [-0.2, 0) is 17.1 Å². The van der Waals surface area contributed by atoms with Crippen LogP contribution >= 0.6 is 11.3 Å². The number of hydrogen-bond acceptors (Lipinski definition) is 5. The van der Waals surface area contributed by atoms with Crippen LogP contribution in [0.5, 0.6) is 11.5 Å². The minimum atomic E-state index is -4.05. The number of nitrogens with zero attached hydrogens (tertiary/aromatic N) is 1. The maximum Gasteiger partial charge on any atom is 0.307 e. The number of nitrogens with one attached hydrogen (secondary N) is 1. The third kappa shape index (κ3) is 4.95. The smallest absolute Gasteiger partial charge is 0.307 e. The number of sulfonamides is 1. The molecule has 1 aromatic heterocycles. The Bertz CT molecular complexity index is 1810. The molecule has 1 N–H and O–H groups in total. The van der Waals surface area contributed by atoms with Gasteiger partial charge in [-0.25, -0.2) is 21.6 Å². The molecule has 0 aliphatic carbocycles. The predicted octanol–water partition coefficient (Wildman–Crippen LogP) is 6.28. The number of anilines is 1. The fourth-order valence-electron chi connectivity index (χ4n) is 3.71. The van der Waals surface area contributed by atoms with Crippen LogP contribution in [0.1, 0.15) is 0 Å². The Hall–Kier alpha value is -4.09. The van der Waals surface area contributed by atoms with Crippen LogP contribution in [0.25, 0.3) is 21.3 Å². The lowest BCUT2D eigenvalue weighted by molar-refractivity contribution is 0.439. The van der Waals surface area contributed by atoms with Crippen LogP contribution in [0, 0.1) is 17.5 Å². The third-order valence-electron chi connectivity index (χ3n) is 5.57. The molecule has 0 radical (unpaired) electrons. The highest BCUT2D eigenvalue weighted by Crippen LogP contribution is 2.38. The molecule has 11 heteroatoms. The molecule has 0 aliphatic rings. The van der Waals surface area contributed by atoms with E-state index in [-0.39, 0.29) is 27.0 Å². The van der Waals surface area contributed by atoms with Crippen LogP contribution in [-0.4, -0.2) is 13.0 Å². The highest BCUT2D eigenvalue weighted by Gasteiger charge is 2.18. The van der Waals surface area contributed by atoms with E-state index in [0.29, 0.717) is 27.4 Å². The van der Waals surface area contributed by atoms with Crippen molar-refractivity contribution in [2.24, 2.45) is 7.05 Å². The molecule has 4 aromatic carbocycles. The fourth-order valence-corrected chi connectivity index (χ4v) is 5.68. The molecule has 0 unspecified atom stereocenters. The van der Waals surface area contributed by atoms with E-state index in [1.54, 1.807) is 25.2 Å². The number of thiazole rings is 1. The Kier molecular flexibility index (Phi) is 6.26. The van der Waals surface area contributed by atoms with E-state index in [1.807, 2.05) is 0 Å². The minimum Gasteiger partial charge on any atom is -0.454 e. The topological polar surface area (TPSA) is 77.4 Å². The van der Waals surface area contributed by atoms with Gasteiger partial charge in [0.15, 0.2) is 11.6 Å². The summed E-state index contributed by atoms with van der Waals surface area (Å²) in [5.41, 5.74) is 1.81. The van der Waals surface area contributed by atoms with Gasteiger partial charge in [-0.3, -0.25) is 9.52 Å². The van der Waals surface area contributed by atoms with Gasteiger partial charge in [-0.05, 0) is 72.3 Å². The minimum absolute atomic E-state index is 0.139. The van der Waals surface area contributed by atoms with Crippen LogP contribution in [0.3, 0.4) is 0 Å². The van der Waals surface area contributed by atoms with Gasteiger partial charge in [-0.15, -0.1) is 0 Å². The van der Waals surface area contributed by atoms with Gasteiger partial charge in [0.1, 0.15) is 17.4 Å². The summed E-state index contributed by atoms with van der Waals surface area (Å²) in [5, 5.41) is 0. The first kappa shape index (κ1) is 24.6. The molecule has 0 bridgehead atoms. The summed E-state index contributed by atoms with van der Waals surface area (Å²) in [4.78, 5) is 11.8. The lowest BCUT2D eigenvalue weighted by atomic mass is 10.0. The van der Waals surface area contributed by atoms with E-state index in [1.165, 1.54) is 22.8 Å². The number of halogens is 3. The van der Waals surface area contributed by atoms with Crippen LogP contribution < -0.4 is 14.3 Å². The summed E-state index contributed by atoms with van der Waals surface area (Å²) in [6.45, 7) is 0. The molecule has 0 aliphatic heterocycles. The zero-order valence-corrected chi connectivity index (χ0v) is 20.7. The maximum atomic E-state index is 14.3. The molecule has 0 amide bonds. The number of hydrogen-bond donors (Lipinski definition) is 1. The number of benzene rings is 4. The molecule has 5 aromatic rings. The lowest BCUT2D eigenvalue weighted by Gasteiger charge is -2.15. The molecule has 6 nitrogen and oxygen atoms in total. The van der Waals surface area contributed by atoms with Gasteiger partial charge in [0.25, 0.3) is 10.0 Å². The first-order valence-corrected chi connectivity index (χ1v) is 13.1. The Morgan fingerprint density at radius 1 is 0.838 bits per heavy atom. The van der Waals surface area contributed by atoms with Crippen LogP contribution in [0.15, 0.2) is 88.6 Å². The quantitative estimate of drug-likeness (QED) is 0.274. The van der Waals surface area contributed by atoms with Gasteiger partial charge in [0.05, 0.1) is 15.1 Å².